The molecule has 0 aliphatic carbocycles. The summed E-state index contributed by atoms with van der Waals surface area (Å²) in [5.74, 6) is 0.653. The fraction of sp³-hybridized carbons (Fsp3) is 0.438. The van der Waals surface area contributed by atoms with Crippen molar-refractivity contribution in [2.75, 3.05) is 18.4 Å². The Hall–Kier alpha value is -2.97. The molecule has 1 atom stereocenters. The van der Waals surface area contributed by atoms with Crippen LogP contribution in [0.1, 0.15) is 23.4 Å². The fourth-order valence-corrected chi connectivity index (χ4v) is 2.99. The zero-order valence-electron chi connectivity index (χ0n) is 14.2. The number of likely N-dealkylation sites (tertiary alicyclic amines) is 1. The predicted octanol–water partition coefficient (Wildman–Crippen LogP) is 1.59. The number of aromatic nitrogens is 3. The molecule has 2 aromatic rings. The van der Waals surface area contributed by atoms with E-state index < -0.39 is 4.92 Å². The van der Waals surface area contributed by atoms with Gasteiger partial charge in [-0.2, -0.15) is 5.10 Å². The zero-order chi connectivity index (χ0) is 18.0. The van der Waals surface area contributed by atoms with Crippen LogP contribution in [0.2, 0.25) is 0 Å². The summed E-state index contributed by atoms with van der Waals surface area (Å²) in [5.41, 5.74) is 2.70. The topological polar surface area (TPSA) is 117 Å². The van der Waals surface area contributed by atoms with Crippen LogP contribution in [0.3, 0.4) is 0 Å². The number of carbonyl (C=O) groups is 1. The van der Waals surface area contributed by atoms with E-state index in [0.29, 0.717) is 25.3 Å². The fourth-order valence-electron chi connectivity index (χ4n) is 2.99. The minimum absolute atomic E-state index is 0.0420. The number of nitrogens with zero attached hydrogens (tertiary/aromatic N) is 4. The van der Waals surface area contributed by atoms with Gasteiger partial charge in [0.05, 0.1) is 17.0 Å². The van der Waals surface area contributed by atoms with Gasteiger partial charge in [0.25, 0.3) is 5.69 Å². The van der Waals surface area contributed by atoms with Gasteiger partial charge in [-0.1, -0.05) is 0 Å². The quantitative estimate of drug-likeness (QED) is 0.628. The second kappa shape index (κ2) is 6.88. The second-order valence-electron chi connectivity index (χ2n) is 6.22. The normalized spacial score (nSPS) is 16.9. The van der Waals surface area contributed by atoms with E-state index in [9.17, 15) is 14.9 Å². The Bertz CT molecular complexity index is 766. The summed E-state index contributed by atoms with van der Waals surface area (Å²) in [5, 5.41) is 20.9. The van der Waals surface area contributed by atoms with Crippen LogP contribution < -0.4 is 5.32 Å². The number of anilines is 1. The molecule has 2 aromatic heterocycles. The number of hydrogen-bond donors (Lipinski definition) is 2. The number of hydrogen-bond acceptors (Lipinski definition) is 6. The van der Waals surface area contributed by atoms with Gasteiger partial charge >= 0.3 is 0 Å². The third-order valence-electron chi connectivity index (χ3n) is 4.46. The SMILES string of the molecule is Cc1n[nH]c(C)c1CC(=O)N1CCC(Nc2ccc([N+](=O)[O-])cn2)C1. The predicted molar refractivity (Wildman–Crippen MR) is 91.3 cm³/mol. The lowest BCUT2D eigenvalue weighted by atomic mass is 10.1. The summed E-state index contributed by atoms with van der Waals surface area (Å²) in [6, 6.07) is 3.09. The van der Waals surface area contributed by atoms with Gasteiger partial charge in [0.1, 0.15) is 12.0 Å². The number of carbonyl (C=O) groups excluding carboxylic acids is 1. The maximum atomic E-state index is 12.5. The Balaban J connectivity index is 1.56. The van der Waals surface area contributed by atoms with Gasteiger partial charge in [0, 0.05) is 36.5 Å². The van der Waals surface area contributed by atoms with Crippen LogP contribution in [0.15, 0.2) is 18.3 Å². The summed E-state index contributed by atoms with van der Waals surface area (Å²) in [7, 11) is 0. The first-order valence-corrected chi connectivity index (χ1v) is 8.09. The van der Waals surface area contributed by atoms with Crippen LogP contribution in [0.5, 0.6) is 0 Å². The molecule has 0 spiro atoms. The summed E-state index contributed by atoms with van der Waals surface area (Å²) in [6.45, 7) is 5.07. The standard InChI is InChI=1S/C16H20N6O3/c1-10-14(11(2)20-19-10)7-16(23)21-6-5-12(9-21)18-15-4-3-13(8-17-15)22(24)25/h3-4,8,12H,5-7,9H2,1-2H3,(H,17,18)(H,19,20). The van der Waals surface area contributed by atoms with E-state index in [1.165, 1.54) is 12.3 Å². The van der Waals surface area contributed by atoms with Crippen molar-refractivity contribution in [3.05, 3.63) is 45.4 Å². The van der Waals surface area contributed by atoms with Crippen LogP contribution in [0, 0.1) is 24.0 Å². The highest BCUT2D eigenvalue weighted by Gasteiger charge is 2.27. The zero-order valence-corrected chi connectivity index (χ0v) is 14.2. The van der Waals surface area contributed by atoms with Crippen molar-refractivity contribution in [2.24, 2.45) is 0 Å². The van der Waals surface area contributed by atoms with Crippen LogP contribution in [-0.4, -0.2) is 50.0 Å². The first kappa shape index (κ1) is 16.9. The Kier molecular flexibility index (Phi) is 4.64. The number of aromatic amines is 1. The van der Waals surface area contributed by atoms with Crippen molar-refractivity contribution in [1.29, 1.82) is 0 Å². The first-order chi connectivity index (χ1) is 11.9. The Morgan fingerprint density at radius 3 is 2.88 bits per heavy atom. The molecule has 25 heavy (non-hydrogen) atoms. The lowest BCUT2D eigenvalue weighted by Crippen LogP contribution is -2.33. The van der Waals surface area contributed by atoms with Crippen LogP contribution in [-0.2, 0) is 11.2 Å². The van der Waals surface area contributed by atoms with Crippen molar-refractivity contribution >= 4 is 17.4 Å². The van der Waals surface area contributed by atoms with E-state index in [-0.39, 0.29) is 17.6 Å². The van der Waals surface area contributed by atoms with Gasteiger partial charge < -0.3 is 10.2 Å². The van der Waals surface area contributed by atoms with Crippen molar-refractivity contribution < 1.29 is 9.72 Å². The van der Waals surface area contributed by atoms with E-state index >= 15 is 0 Å². The smallest absolute Gasteiger partial charge is 0.287 e. The van der Waals surface area contributed by atoms with Crippen molar-refractivity contribution in [1.82, 2.24) is 20.1 Å². The second-order valence-corrected chi connectivity index (χ2v) is 6.22. The Labute approximate surface area is 144 Å². The molecule has 132 valence electrons. The molecule has 1 unspecified atom stereocenters. The van der Waals surface area contributed by atoms with Gasteiger partial charge in [0.15, 0.2) is 0 Å². The van der Waals surface area contributed by atoms with E-state index in [1.54, 1.807) is 6.07 Å². The lowest BCUT2D eigenvalue weighted by molar-refractivity contribution is -0.385. The molecule has 0 radical (unpaired) electrons. The monoisotopic (exact) mass is 344 g/mol. The summed E-state index contributed by atoms with van der Waals surface area (Å²) in [4.78, 5) is 28.5. The molecule has 1 aliphatic heterocycles. The number of aryl methyl sites for hydroxylation is 2. The molecular formula is C16H20N6O3. The number of nitrogens with one attached hydrogen (secondary N) is 2. The maximum Gasteiger partial charge on any atom is 0.287 e. The highest BCUT2D eigenvalue weighted by molar-refractivity contribution is 5.79. The summed E-state index contributed by atoms with van der Waals surface area (Å²) < 4.78 is 0. The number of nitro groups is 1. The molecule has 3 rings (SSSR count). The van der Waals surface area contributed by atoms with E-state index in [1.807, 2.05) is 18.7 Å². The minimum atomic E-state index is -0.480. The van der Waals surface area contributed by atoms with Gasteiger partial charge in [-0.3, -0.25) is 20.0 Å². The molecule has 0 aromatic carbocycles. The third-order valence-corrected chi connectivity index (χ3v) is 4.46. The Morgan fingerprint density at radius 1 is 1.48 bits per heavy atom. The number of pyridine rings is 1. The molecule has 0 saturated carbocycles. The third kappa shape index (κ3) is 3.76. The van der Waals surface area contributed by atoms with Crippen molar-refractivity contribution in [3.8, 4) is 0 Å². The molecule has 0 bridgehead atoms. The number of H-pyrrole nitrogens is 1. The molecule has 1 fully saturated rings. The molecule has 9 heteroatoms. The van der Waals surface area contributed by atoms with Crippen molar-refractivity contribution in [2.45, 2.75) is 32.7 Å². The average Bonchev–Trinajstić information content (AvgIpc) is 3.17. The van der Waals surface area contributed by atoms with Crippen molar-refractivity contribution in [3.63, 3.8) is 0 Å². The number of amides is 1. The molecule has 1 amide bonds. The summed E-state index contributed by atoms with van der Waals surface area (Å²) in [6.07, 6.45) is 2.38. The van der Waals surface area contributed by atoms with E-state index in [4.69, 9.17) is 0 Å². The minimum Gasteiger partial charge on any atom is -0.365 e. The van der Waals surface area contributed by atoms with Gasteiger partial charge in [-0.05, 0) is 26.3 Å². The lowest BCUT2D eigenvalue weighted by Gasteiger charge is -2.17. The molecule has 2 N–H and O–H groups in total. The largest absolute Gasteiger partial charge is 0.365 e. The maximum absolute atomic E-state index is 12.5. The van der Waals surface area contributed by atoms with Gasteiger partial charge in [0.2, 0.25) is 5.91 Å². The molecule has 1 saturated heterocycles. The average molecular weight is 344 g/mol. The molecule has 3 heterocycles. The molecular weight excluding hydrogens is 324 g/mol. The highest BCUT2D eigenvalue weighted by Crippen LogP contribution is 2.19. The molecule has 1 aliphatic rings. The van der Waals surface area contributed by atoms with Gasteiger partial charge in [-0.25, -0.2) is 4.98 Å². The molecule has 9 nitrogen and oxygen atoms in total. The first-order valence-electron chi connectivity index (χ1n) is 8.09. The number of rotatable bonds is 5. The van der Waals surface area contributed by atoms with Gasteiger partial charge in [-0.15, -0.1) is 0 Å². The summed E-state index contributed by atoms with van der Waals surface area (Å²) >= 11 is 0. The highest BCUT2D eigenvalue weighted by atomic mass is 16.6. The Morgan fingerprint density at radius 2 is 2.28 bits per heavy atom. The van der Waals surface area contributed by atoms with E-state index in [0.717, 1.165) is 23.4 Å². The van der Waals surface area contributed by atoms with Crippen LogP contribution in [0.25, 0.3) is 0 Å². The van der Waals surface area contributed by atoms with Crippen LogP contribution in [0.4, 0.5) is 11.5 Å². The van der Waals surface area contributed by atoms with Crippen LogP contribution >= 0.6 is 0 Å². The van der Waals surface area contributed by atoms with E-state index in [2.05, 4.69) is 20.5 Å².